The maximum absolute atomic E-state index is 13.4. The molecule has 0 atom stereocenters. The molecule has 0 saturated heterocycles. The summed E-state index contributed by atoms with van der Waals surface area (Å²) in [5.74, 6) is 0.182. The van der Waals surface area contributed by atoms with Crippen LogP contribution in [0.3, 0.4) is 0 Å². The number of nitrogens with zero attached hydrogens (tertiary/aromatic N) is 4. The summed E-state index contributed by atoms with van der Waals surface area (Å²) in [6.45, 7) is 8.70. The van der Waals surface area contributed by atoms with Crippen LogP contribution in [0.2, 0.25) is 0 Å². The molecule has 0 aliphatic heterocycles. The van der Waals surface area contributed by atoms with E-state index < -0.39 is 0 Å². The summed E-state index contributed by atoms with van der Waals surface area (Å²) in [5, 5.41) is 10.1. The van der Waals surface area contributed by atoms with E-state index in [0.717, 1.165) is 27.9 Å². The number of aromatic nitrogens is 4. The molecule has 0 spiro atoms. The molecule has 0 radical (unpaired) electrons. The molecule has 0 N–H and O–H groups in total. The summed E-state index contributed by atoms with van der Waals surface area (Å²) >= 11 is 0. The monoisotopic (exact) mass is 372 g/mol. The fourth-order valence-electron chi connectivity index (χ4n) is 3.48. The maximum atomic E-state index is 13.4. The fraction of sp³-hybridized carbons (Fsp3) is 0.261. The first kappa shape index (κ1) is 18.2. The zero-order valence-corrected chi connectivity index (χ0v) is 16.7. The van der Waals surface area contributed by atoms with Gasteiger partial charge in [0, 0.05) is 5.39 Å². The number of aryl methyl sites for hydroxylation is 2. The van der Waals surface area contributed by atoms with Crippen molar-refractivity contribution in [3.63, 3.8) is 0 Å². The number of rotatable bonds is 4. The minimum Gasteiger partial charge on any atom is -0.265 e. The molecule has 2 aromatic carbocycles. The van der Waals surface area contributed by atoms with Gasteiger partial charge in [0.25, 0.3) is 5.56 Å². The molecular weight excluding hydrogens is 348 g/mol. The molecular formula is C23H24N4O. The molecule has 0 amide bonds. The highest BCUT2D eigenvalue weighted by atomic mass is 16.1. The van der Waals surface area contributed by atoms with Gasteiger partial charge >= 0.3 is 0 Å². The minimum atomic E-state index is -0.124. The Labute approximate surface area is 164 Å². The Balaban J connectivity index is 1.95. The second-order valence-electron chi connectivity index (χ2n) is 7.59. The zero-order valence-electron chi connectivity index (χ0n) is 16.7. The first-order chi connectivity index (χ1) is 13.5. The van der Waals surface area contributed by atoms with Gasteiger partial charge in [-0.25, -0.2) is 9.36 Å². The van der Waals surface area contributed by atoms with Crippen LogP contribution in [-0.4, -0.2) is 19.6 Å². The van der Waals surface area contributed by atoms with Gasteiger partial charge in [0.1, 0.15) is 5.52 Å². The van der Waals surface area contributed by atoms with Gasteiger partial charge in [-0.2, -0.15) is 10.2 Å². The molecule has 2 heterocycles. The largest absolute Gasteiger partial charge is 0.293 e. The average Bonchev–Trinajstić information content (AvgIpc) is 3.11. The standard InChI is InChI=1S/C23H24N4O/c1-15(2)21-19-13-24-27(20-8-6-5-7-17(20)4)22(19)23(28)26(25-21)14-18-11-9-16(3)10-12-18/h5-13,15H,14H2,1-4H3. The van der Waals surface area contributed by atoms with Crippen molar-refractivity contribution in [3.05, 3.63) is 87.5 Å². The molecule has 5 nitrogen and oxygen atoms in total. The van der Waals surface area contributed by atoms with Crippen LogP contribution in [-0.2, 0) is 6.54 Å². The second-order valence-corrected chi connectivity index (χ2v) is 7.59. The van der Waals surface area contributed by atoms with Crippen molar-refractivity contribution >= 4 is 10.9 Å². The Morgan fingerprint density at radius 2 is 1.71 bits per heavy atom. The first-order valence-corrected chi connectivity index (χ1v) is 9.56. The Morgan fingerprint density at radius 3 is 2.39 bits per heavy atom. The lowest BCUT2D eigenvalue weighted by Gasteiger charge is -2.13. The number of benzene rings is 2. The molecule has 4 rings (SSSR count). The SMILES string of the molecule is Cc1ccc(Cn2nc(C(C)C)c3cnn(-c4ccccc4C)c3c2=O)cc1. The third-order valence-corrected chi connectivity index (χ3v) is 5.05. The van der Waals surface area contributed by atoms with Crippen LogP contribution in [0.1, 0.15) is 42.1 Å². The third-order valence-electron chi connectivity index (χ3n) is 5.05. The van der Waals surface area contributed by atoms with E-state index in [0.29, 0.717) is 12.1 Å². The van der Waals surface area contributed by atoms with Gasteiger partial charge in [0.05, 0.1) is 24.1 Å². The Hall–Kier alpha value is -3.21. The van der Waals surface area contributed by atoms with E-state index in [4.69, 9.17) is 5.10 Å². The van der Waals surface area contributed by atoms with Crippen LogP contribution in [0.25, 0.3) is 16.6 Å². The number of fused-ring (bicyclic) bond motifs is 1. The van der Waals surface area contributed by atoms with E-state index in [-0.39, 0.29) is 11.5 Å². The van der Waals surface area contributed by atoms with Gasteiger partial charge < -0.3 is 0 Å². The van der Waals surface area contributed by atoms with Crippen molar-refractivity contribution in [2.75, 3.05) is 0 Å². The normalized spacial score (nSPS) is 11.5. The highest BCUT2D eigenvalue weighted by Gasteiger charge is 2.19. The minimum absolute atomic E-state index is 0.124. The molecule has 142 valence electrons. The predicted octanol–water partition coefficient (Wildman–Crippen LogP) is 4.37. The van der Waals surface area contributed by atoms with Gasteiger partial charge in [-0.1, -0.05) is 61.9 Å². The highest BCUT2D eigenvalue weighted by Crippen LogP contribution is 2.24. The van der Waals surface area contributed by atoms with E-state index in [1.807, 2.05) is 43.3 Å². The summed E-state index contributed by atoms with van der Waals surface area (Å²) in [5.41, 5.74) is 5.58. The lowest BCUT2D eigenvalue weighted by atomic mass is 10.1. The molecule has 0 aliphatic carbocycles. The summed E-state index contributed by atoms with van der Waals surface area (Å²) in [6, 6.07) is 16.2. The Morgan fingerprint density at radius 1 is 1.00 bits per heavy atom. The zero-order chi connectivity index (χ0) is 19.8. The summed E-state index contributed by atoms with van der Waals surface area (Å²) < 4.78 is 3.32. The van der Waals surface area contributed by atoms with E-state index >= 15 is 0 Å². The molecule has 0 bridgehead atoms. The Bertz CT molecular complexity index is 1200. The molecule has 2 aromatic heterocycles. The van der Waals surface area contributed by atoms with Gasteiger partial charge in [-0.3, -0.25) is 4.79 Å². The van der Waals surface area contributed by atoms with Crippen molar-refractivity contribution in [1.29, 1.82) is 0 Å². The van der Waals surface area contributed by atoms with Crippen molar-refractivity contribution < 1.29 is 0 Å². The fourth-order valence-corrected chi connectivity index (χ4v) is 3.48. The van der Waals surface area contributed by atoms with Gasteiger partial charge in [0.2, 0.25) is 0 Å². The summed E-state index contributed by atoms with van der Waals surface area (Å²) in [7, 11) is 0. The molecule has 4 aromatic rings. The van der Waals surface area contributed by atoms with E-state index in [9.17, 15) is 4.79 Å². The third kappa shape index (κ3) is 3.13. The maximum Gasteiger partial charge on any atom is 0.293 e. The van der Waals surface area contributed by atoms with Crippen LogP contribution in [0, 0.1) is 13.8 Å². The molecule has 5 heteroatoms. The van der Waals surface area contributed by atoms with Crippen molar-refractivity contribution in [1.82, 2.24) is 19.6 Å². The van der Waals surface area contributed by atoms with Crippen LogP contribution in [0.15, 0.2) is 59.5 Å². The predicted molar refractivity (Wildman–Crippen MR) is 112 cm³/mol. The lowest BCUT2D eigenvalue weighted by molar-refractivity contribution is 0.612. The molecule has 0 fully saturated rings. The summed E-state index contributed by atoms with van der Waals surface area (Å²) in [4.78, 5) is 13.4. The van der Waals surface area contributed by atoms with E-state index in [1.165, 1.54) is 5.56 Å². The van der Waals surface area contributed by atoms with Crippen LogP contribution >= 0.6 is 0 Å². The topological polar surface area (TPSA) is 52.7 Å². The first-order valence-electron chi connectivity index (χ1n) is 9.56. The van der Waals surface area contributed by atoms with Crippen molar-refractivity contribution in [2.24, 2.45) is 0 Å². The van der Waals surface area contributed by atoms with Gasteiger partial charge in [0.15, 0.2) is 0 Å². The van der Waals surface area contributed by atoms with Crippen LogP contribution in [0.4, 0.5) is 0 Å². The van der Waals surface area contributed by atoms with E-state index in [1.54, 1.807) is 15.6 Å². The number of hydrogen-bond acceptors (Lipinski definition) is 3. The molecule has 0 unspecified atom stereocenters. The average molecular weight is 372 g/mol. The van der Waals surface area contributed by atoms with Crippen LogP contribution < -0.4 is 5.56 Å². The Kier molecular flexibility index (Phi) is 4.59. The van der Waals surface area contributed by atoms with Crippen molar-refractivity contribution in [3.8, 4) is 5.69 Å². The quantitative estimate of drug-likeness (QED) is 0.534. The van der Waals surface area contributed by atoms with E-state index in [2.05, 4.69) is 38.0 Å². The molecule has 0 saturated carbocycles. The molecule has 0 aliphatic rings. The van der Waals surface area contributed by atoms with Gasteiger partial charge in [-0.15, -0.1) is 0 Å². The smallest absolute Gasteiger partial charge is 0.265 e. The number of hydrogen-bond donors (Lipinski definition) is 0. The number of para-hydroxylation sites is 1. The lowest BCUT2D eigenvalue weighted by Crippen LogP contribution is -2.27. The summed E-state index contributed by atoms with van der Waals surface area (Å²) in [6.07, 6.45) is 1.77. The highest BCUT2D eigenvalue weighted by molar-refractivity contribution is 5.82. The van der Waals surface area contributed by atoms with Crippen LogP contribution in [0.5, 0.6) is 0 Å². The molecule has 28 heavy (non-hydrogen) atoms. The van der Waals surface area contributed by atoms with Crippen molar-refractivity contribution in [2.45, 2.75) is 40.2 Å². The van der Waals surface area contributed by atoms with Gasteiger partial charge in [-0.05, 0) is 37.0 Å². The second kappa shape index (κ2) is 7.08.